The Morgan fingerprint density at radius 2 is 1.62 bits per heavy atom. The van der Waals surface area contributed by atoms with E-state index in [1.54, 1.807) is 0 Å². The topological polar surface area (TPSA) is 35.0 Å². The molecular formula is C21H26N2O. The summed E-state index contributed by atoms with van der Waals surface area (Å²) in [6.07, 6.45) is 6.84. The average molecular weight is 322 g/mol. The fraction of sp³-hybridized carbons (Fsp3) is 0.429. The van der Waals surface area contributed by atoms with Crippen molar-refractivity contribution in [2.75, 3.05) is 6.61 Å². The number of hydrogen-bond acceptors (Lipinski definition) is 3. The Hall–Kier alpha value is -2.34. The van der Waals surface area contributed by atoms with Crippen molar-refractivity contribution in [3.8, 4) is 17.6 Å². The van der Waals surface area contributed by atoms with Gasteiger partial charge in [-0.1, -0.05) is 39.0 Å². The molecule has 3 nitrogen and oxygen atoms in total. The van der Waals surface area contributed by atoms with Gasteiger partial charge in [-0.15, -0.1) is 5.10 Å². The van der Waals surface area contributed by atoms with Gasteiger partial charge in [0, 0.05) is 5.56 Å². The van der Waals surface area contributed by atoms with E-state index >= 15 is 0 Å². The summed E-state index contributed by atoms with van der Waals surface area (Å²) in [5.74, 6) is 7.08. The van der Waals surface area contributed by atoms with E-state index < -0.39 is 0 Å². The number of aromatic nitrogens is 2. The predicted molar refractivity (Wildman–Crippen MR) is 98.1 cm³/mol. The quantitative estimate of drug-likeness (QED) is 0.518. The molecule has 1 aromatic carbocycles. The van der Waals surface area contributed by atoms with Crippen LogP contribution >= 0.6 is 0 Å². The third-order valence-electron chi connectivity index (χ3n) is 3.71. The Bertz CT molecular complexity index is 593. The van der Waals surface area contributed by atoms with Crippen LogP contribution in [-0.4, -0.2) is 16.8 Å². The first kappa shape index (κ1) is 18.0. The molecule has 0 fully saturated rings. The van der Waals surface area contributed by atoms with E-state index in [1.165, 1.54) is 19.3 Å². The van der Waals surface area contributed by atoms with Crippen LogP contribution < -0.4 is 4.74 Å². The van der Waals surface area contributed by atoms with Crippen LogP contribution in [0.1, 0.15) is 62.9 Å². The zero-order valence-electron chi connectivity index (χ0n) is 14.7. The van der Waals surface area contributed by atoms with Crippen LogP contribution in [0.15, 0.2) is 36.4 Å². The van der Waals surface area contributed by atoms with Gasteiger partial charge in [-0.05, 0) is 61.6 Å². The van der Waals surface area contributed by atoms with Gasteiger partial charge in [-0.2, -0.15) is 5.10 Å². The van der Waals surface area contributed by atoms with E-state index in [-0.39, 0.29) is 0 Å². The number of ether oxygens (including phenoxy) is 1. The van der Waals surface area contributed by atoms with Crippen molar-refractivity contribution in [3.05, 3.63) is 53.3 Å². The Labute approximate surface area is 145 Å². The fourth-order valence-corrected chi connectivity index (χ4v) is 2.22. The van der Waals surface area contributed by atoms with Gasteiger partial charge in [0.15, 0.2) is 0 Å². The highest BCUT2D eigenvalue weighted by atomic mass is 16.5. The standard InChI is InChI=1S/C21H26N2O/c1-3-5-7-8-19-13-14-20(23-22-19)12-9-18-10-15-21(16-11-18)24-17-6-4-2/h10-11,13-16H,3-8,17H2,1-2H3. The predicted octanol–water partition coefficient (Wildman–Crippen LogP) is 4.79. The molecule has 2 rings (SSSR count). The van der Waals surface area contributed by atoms with E-state index in [2.05, 4.69) is 35.9 Å². The smallest absolute Gasteiger partial charge is 0.136 e. The molecule has 0 aliphatic rings. The summed E-state index contributed by atoms with van der Waals surface area (Å²) < 4.78 is 5.65. The lowest BCUT2D eigenvalue weighted by atomic mass is 10.1. The first-order valence-corrected chi connectivity index (χ1v) is 8.89. The summed E-state index contributed by atoms with van der Waals surface area (Å²) in [5, 5.41) is 8.44. The molecule has 0 saturated carbocycles. The van der Waals surface area contributed by atoms with Crippen molar-refractivity contribution in [3.63, 3.8) is 0 Å². The van der Waals surface area contributed by atoms with Gasteiger partial charge in [0.05, 0.1) is 12.3 Å². The van der Waals surface area contributed by atoms with Crippen LogP contribution in [0.3, 0.4) is 0 Å². The number of unbranched alkanes of at least 4 members (excludes halogenated alkanes) is 3. The molecule has 0 amide bonds. The van der Waals surface area contributed by atoms with E-state index in [1.807, 2.05) is 36.4 Å². The fourth-order valence-electron chi connectivity index (χ4n) is 2.22. The van der Waals surface area contributed by atoms with E-state index in [9.17, 15) is 0 Å². The summed E-state index contributed by atoms with van der Waals surface area (Å²) in [4.78, 5) is 0. The van der Waals surface area contributed by atoms with Gasteiger partial charge >= 0.3 is 0 Å². The number of benzene rings is 1. The van der Waals surface area contributed by atoms with Gasteiger partial charge in [0.2, 0.25) is 0 Å². The second-order valence-electron chi connectivity index (χ2n) is 5.84. The van der Waals surface area contributed by atoms with Crippen molar-refractivity contribution in [2.45, 2.75) is 52.4 Å². The zero-order valence-corrected chi connectivity index (χ0v) is 14.7. The summed E-state index contributed by atoms with van der Waals surface area (Å²) in [5.41, 5.74) is 2.70. The normalized spacial score (nSPS) is 10.1. The molecule has 0 N–H and O–H groups in total. The SMILES string of the molecule is CCCCCc1ccc(C#Cc2ccc(OCCCC)cc2)nn1. The molecule has 0 atom stereocenters. The van der Waals surface area contributed by atoms with Gasteiger partial charge in [-0.25, -0.2) is 0 Å². The van der Waals surface area contributed by atoms with Crippen LogP contribution in [0.5, 0.6) is 5.75 Å². The van der Waals surface area contributed by atoms with Crippen LogP contribution in [0.25, 0.3) is 0 Å². The first-order valence-electron chi connectivity index (χ1n) is 8.89. The molecule has 0 spiro atoms. The maximum absolute atomic E-state index is 5.65. The van der Waals surface area contributed by atoms with Gasteiger partial charge in [0.1, 0.15) is 11.4 Å². The molecule has 3 heteroatoms. The highest BCUT2D eigenvalue weighted by molar-refractivity contribution is 5.42. The number of hydrogen-bond donors (Lipinski definition) is 0. The first-order chi connectivity index (χ1) is 11.8. The zero-order chi connectivity index (χ0) is 17.0. The molecule has 0 aliphatic carbocycles. The Balaban J connectivity index is 1.89. The maximum atomic E-state index is 5.65. The molecule has 2 aromatic rings. The minimum Gasteiger partial charge on any atom is -0.494 e. The summed E-state index contributed by atoms with van der Waals surface area (Å²) in [6, 6.07) is 11.8. The lowest BCUT2D eigenvalue weighted by Crippen LogP contribution is -1.96. The van der Waals surface area contributed by atoms with Gasteiger partial charge in [-0.3, -0.25) is 0 Å². The van der Waals surface area contributed by atoms with Crippen LogP contribution in [0.4, 0.5) is 0 Å². The van der Waals surface area contributed by atoms with Crippen LogP contribution in [0.2, 0.25) is 0 Å². The maximum Gasteiger partial charge on any atom is 0.136 e. The second-order valence-corrected chi connectivity index (χ2v) is 5.84. The Kier molecular flexibility index (Phi) is 7.83. The molecule has 0 saturated heterocycles. The molecule has 0 bridgehead atoms. The number of nitrogens with zero attached hydrogens (tertiary/aromatic N) is 2. The average Bonchev–Trinajstić information content (AvgIpc) is 2.63. The van der Waals surface area contributed by atoms with Gasteiger partial charge < -0.3 is 4.74 Å². The molecule has 126 valence electrons. The molecule has 1 aromatic heterocycles. The molecular weight excluding hydrogens is 296 g/mol. The van der Waals surface area contributed by atoms with Crippen molar-refractivity contribution in [2.24, 2.45) is 0 Å². The summed E-state index contributed by atoms with van der Waals surface area (Å²) in [6.45, 7) is 5.12. The van der Waals surface area contributed by atoms with Gasteiger partial charge in [0.25, 0.3) is 0 Å². The minimum atomic E-state index is 0.706. The van der Waals surface area contributed by atoms with Crippen molar-refractivity contribution in [1.29, 1.82) is 0 Å². The Morgan fingerprint density at radius 1 is 0.833 bits per heavy atom. The molecule has 0 aliphatic heterocycles. The van der Waals surface area contributed by atoms with E-state index in [0.29, 0.717) is 5.69 Å². The monoisotopic (exact) mass is 322 g/mol. The second kappa shape index (κ2) is 10.4. The number of aryl methyl sites for hydroxylation is 1. The van der Waals surface area contributed by atoms with Crippen molar-refractivity contribution in [1.82, 2.24) is 10.2 Å². The third kappa shape index (κ3) is 6.42. The number of rotatable bonds is 8. The van der Waals surface area contributed by atoms with Crippen LogP contribution in [-0.2, 0) is 6.42 Å². The molecule has 0 radical (unpaired) electrons. The lowest BCUT2D eigenvalue weighted by Gasteiger charge is -2.04. The highest BCUT2D eigenvalue weighted by Gasteiger charge is 1.97. The molecule has 1 heterocycles. The molecule has 0 unspecified atom stereocenters. The summed E-state index contributed by atoms with van der Waals surface area (Å²) in [7, 11) is 0. The van der Waals surface area contributed by atoms with E-state index in [0.717, 1.165) is 42.9 Å². The summed E-state index contributed by atoms with van der Waals surface area (Å²) >= 11 is 0. The van der Waals surface area contributed by atoms with Crippen molar-refractivity contribution < 1.29 is 4.74 Å². The highest BCUT2D eigenvalue weighted by Crippen LogP contribution is 2.12. The largest absolute Gasteiger partial charge is 0.494 e. The minimum absolute atomic E-state index is 0.706. The third-order valence-corrected chi connectivity index (χ3v) is 3.71. The lowest BCUT2D eigenvalue weighted by molar-refractivity contribution is 0.309. The molecule has 24 heavy (non-hydrogen) atoms. The Morgan fingerprint density at radius 3 is 2.29 bits per heavy atom. The van der Waals surface area contributed by atoms with Crippen LogP contribution in [0, 0.1) is 11.8 Å². The van der Waals surface area contributed by atoms with Crippen molar-refractivity contribution >= 4 is 0 Å². The van der Waals surface area contributed by atoms with E-state index in [4.69, 9.17) is 4.74 Å².